The number of anilines is 1. The fourth-order valence-electron chi connectivity index (χ4n) is 3.59. The second-order valence-electron chi connectivity index (χ2n) is 6.89. The van der Waals surface area contributed by atoms with Gasteiger partial charge in [0.15, 0.2) is 0 Å². The van der Waals surface area contributed by atoms with E-state index in [0.29, 0.717) is 13.0 Å². The third-order valence-corrected chi connectivity index (χ3v) is 7.02. The minimum Gasteiger partial charge on any atom is -0.324 e. The Labute approximate surface area is 161 Å². The molecule has 0 spiro atoms. The minimum atomic E-state index is -3.70. The van der Waals surface area contributed by atoms with Crippen LogP contribution in [0.15, 0.2) is 53.4 Å². The first-order valence-electron chi connectivity index (χ1n) is 9.41. The topological polar surface area (TPSA) is 66.5 Å². The van der Waals surface area contributed by atoms with Gasteiger partial charge in [-0.25, -0.2) is 8.42 Å². The molecule has 0 unspecified atom stereocenters. The molecular formula is C21H26N2O3S. The van der Waals surface area contributed by atoms with Crippen molar-refractivity contribution in [3.05, 3.63) is 59.7 Å². The molecule has 1 amide bonds. The fourth-order valence-corrected chi connectivity index (χ4v) is 5.27. The Morgan fingerprint density at radius 3 is 2.56 bits per heavy atom. The summed E-state index contributed by atoms with van der Waals surface area (Å²) in [6.45, 7) is 4.36. The van der Waals surface area contributed by atoms with Gasteiger partial charge in [0.05, 0.1) is 4.90 Å². The van der Waals surface area contributed by atoms with Crippen LogP contribution in [-0.2, 0) is 21.2 Å². The van der Waals surface area contributed by atoms with E-state index in [2.05, 4.69) is 5.32 Å². The minimum absolute atomic E-state index is 0.231. The number of aryl methyl sites for hydroxylation is 2. The lowest BCUT2D eigenvalue weighted by Crippen LogP contribution is -2.49. The molecule has 1 aliphatic rings. The second-order valence-corrected chi connectivity index (χ2v) is 8.78. The number of amides is 1. The van der Waals surface area contributed by atoms with Crippen LogP contribution in [0.25, 0.3) is 0 Å². The van der Waals surface area contributed by atoms with Crippen molar-refractivity contribution in [2.45, 2.75) is 50.5 Å². The summed E-state index contributed by atoms with van der Waals surface area (Å²) in [5.74, 6) is -0.252. The summed E-state index contributed by atoms with van der Waals surface area (Å²) < 4.78 is 27.5. The first-order chi connectivity index (χ1) is 12.9. The van der Waals surface area contributed by atoms with E-state index in [-0.39, 0.29) is 10.8 Å². The summed E-state index contributed by atoms with van der Waals surface area (Å²) in [4.78, 5) is 13.3. The van der Waals surface area contributed by atoms with Crippen molar-refractivity contribution in [3.8, 4) is 0 Å². The maximum atomic E-state index is 13.1. The molecule has 1 atom stereocenters. The number of piperidine rings is 1. The molecule has 0 aromatic heterocycles. The Morgan fingerprint density at radius 1 is 1.11 bits per heavy atom. The summed E-state index contributed by atoms with van der Waals surface area (Å²) in [6.07, 6.45) is 2.94. The van der Waals surface area contributed by atoms with Gasteiger partial charge >= 0.3 is 0 Å². The predicted octanol–water partition coefficient (Wildman–Crippen LogP) is 3.74. The second kappa shape index (κ2) is 8.23. The Bertz CT molecular complexity index is 910. The van der Waals surface area contributed by atoms with Gasteiger partial charge in [0.2, 0.25) is 15.9 Å². The van der Waals surface area contributed by atoms with Crippen LogP contribution in [-0.4, -0.2) is 31.2 Å². The molecule has 144 valence electrons. The molecule has 1 fully saturated rings. The van der Waals surface area contributed by atoms with Gasteiger partial charge in [-0.3, -0.25) is 4.79 Å². The number of rotatable bonds is 5. The molecule has 0 radical (unpaired) electrons. The number of benzene rings is 2. The molecule has 0 aliphatic carbocycles. The first-order valence-corrected chi connectivity index (χ1v) is 10.9. The Kier molecular flexibility index (Phi) is 5.97. The molecule has 0 saturated carbocycles. The Hall–Kier alpha value is -2.18. The lowest BCUT2D eigenvalue weighted by molar-refractivity contribution is -0.120. The number of carbonyl (C=O) groups is 1. The van der Waals surface area contributed by atoms with Crippen LogP contribution in [0.5, 0.6) is 0 Å². The fraction of sp³-hybridized carbons (Fsp3) is 0.381. The van der Waals surface area contributed by atoms with E-state index >= 15 is 0 Å². The highest BCUT2D eigenvalue weighted by molar-refractivity contribution is 7.89. The summed E-state index contributed by atoms with van der Waals surface area (Å²) in [7, 11) is -3.70. The van der Waals surface area contributed by atoms with Crippen LogP contribution in [0.3, 0.4) is 0 Å². The van der Waals surface area contributed by atoms with Crippen LogP contribution >= 0.6 is 0 Å². The molecule has 2 aromatic rings. The van der Waals surface area contributed by atoms with Crippen molar-refractivity contribution in [3.63, 3.8) is 0 Å². The van der Waals surface area contributed by atoms with Crippen LogP contribution in [0.1, 0.15) is 37.3 Å². The number of nitrogens with one attached hydrogen (secondary N) is 1. The molecule has 0 bridgehead atoms. The maximum Gasteiger partial charge on any atom is 0.243 e. The maximum absolute atomic E-state index is 13.1. The zero-order chi connectivity index (χ0) is 19.4. The molecule has 5 nitrogen and oxygen atoms in total. The van der Waals surface area contributed by atoms with Gasteiger partial charge in [-0.1, -0.05) is 49.7 Å². The summed E-state index contributed by atoms with van der Waals surface area (Å²) in [5, 5.41) is 3.01. The predicted molar refractivity (Wildman–Crippen MR) is 107 cm³/mol. The third kappa shape index (κ3) is 4.06. The lowest BCUT2D eigenvalue weighted by Gasteiger charge is -2.34. The van der Waals surface area contributed by atoms with Gasteiger partial charge in [0.1, 0.15) is 6.04 Å². The van der Waals surface area contributed by atoms with Gasteiger partial charge in [-0.15, -0.1) is 0 Å². The van der Waals surface area contributed by atoms with Crippen molar-refractivity contribution in [1.29, 1.82) is 0 Å². The number of hydrogen-bond acceptors (Lipinski definition) is 3. The van der Waals surface area contributed by atoms with Crippen LogP contribution < -0.4 is 5.32 Å². The van der Waals surface area contributed by atoms with Crippen LogP contribution in [0.2, 0.25) is 0 Å². The summed E-state index contributed by atoms with van der Waals surface area (Å²) in [5.41, 5.74) is 2.83. The molecule has 6 heteroatoms. The van der Waals surface area contributed by atoms with Gasteiger partial charge in [0, 0.05) is 12.2 Å². The van der Waals surface area contributed by atoms with E-state index in [1.807, 2.05) is 32.0 Å². The zero-order valence-corrected chi connectivity index (χ0v) is 16.6. The SMILES string of the molecule is CCc1cccc(C)c1NC(=O)[C@@H]1CCCCN1S(=O)(=O)c1ccccc1. The Morgan fingerprint density at radius 2 is 1.85 bits per heavy atom. The average molecular weight is 387 g/mol. The number of sulfonamides is 1. The molecule has 27 heavy (non-hydrogen) atoms. The van der Waals surface area contributed by atoms with Crippen molar-refractivity contribution < 1.29 is 13.2 Å². The lowest BCUT2D eigenvalue weighted by atomic mass is 10.0. The zero-order valence-electron chi connectivity index (χ0n) is 15.8. The number of hydrogen-bond donors (Lipinski definition) is 1. The van der Waals surface area contributed by atoms with Crippen molar-refractivity contribution >= 4 is 21.6 Å². The van der Waals surface area contributed by atoms with E-state index in [9.17, 15) is 13.2 Å². The van der Waals surface area contributed by atoms with Crippen molar-refractivity contribution in [2.24, 2.45) is 0 Å². The highest BCUT2D eigenvalue weighted by Crippen LogP contribution is 2.28. The molecule has 1 heterocycles. The van der Waals surface area contributed by atoms with E-state index in [1.54, 1.807) is 30.3 Å². The molecule has 2 aromatic carbocycles. The van der Waals surface area contributed by atoms with Gasteiger partial charge in [0.25, 0.3) is 0 Å². The Balaban J connectivity index is 1.89. The van der Waals surface area contributed by atoms with Crippen molar-refractivity contribution in [2.75, 3.05) is 11.9 Å². The normalized spacial score (nSPS) is 18.2. The first kappa shape index (κ1) is 19.6. The monoisotopic (exact) mass is 386 g/mol. The number of carbonyl (C=O) groups excluding carboxylic acids is 1. The molecule has 1 aliphatic heterocycles. The third-order valence-electron chi connectivity index (χ3n) is 5.09. The van der Waals surface area contributed by atoms with E-state index in [0.717, 1.165) is 36.1 Å². The average Bonchev–Trinajstić information content (AvgIpc) is 2.70. The van der Waals surface area contributed by atoms with Crippen LogP contribution in [0.4, 0.5) is 5.69 Å². The number of nitrogens with zero attached hydrogens (tertiary/aromatic N) is 1. The highest BCUT2D eigenvalue weighted by Gasteiger charge is 2.37. The van der Waals surface area contributed by atoms with Crippen LogP contribution in [0, 0.1) is 6.92 Å². The summed E-state index contributed by atoms with van der Waals surface area (Å²) >= 11 is 0. The quantitative estimate of drug-likeness (QED) is 0.851. The van der Waals surface area contributed by atoms with Crippen molar-refractivity contribution in [1.82, 2.24) is 4.31 Å². The molecule has 1 N–H and O–H groups in total. The highest BCUT2D eigenvalue weighted by atomic mass is 32.2. The van der Waals surface area contributed by atoms with E-state index < -0.39 is 16.1 Å². The molecular weight excluding hydrogens is 360 g/mol. The van der Waals surface area contributed by atoms with Gasteiger partial charge < -0.3 is 5.32 Å². The smallest absolute Gasteiger partial charge is 0.243 e. The van der Waals surface area contributed by atoms with Gasteiger partial charge in [-0.2, -0.15) is 4.31 Å². The number of para-hydroxylation sites is 1. The largest absolute Gasteiger partial charge is 0.324 e. The van der Waals surface area contributed by atoms with E-state index in [1.165, 1.54) is 4.31 Å². The standard InChI is InChI=1S/C21H26N2O3S/c1-3-17-11-9-10-16(2)20(17)22-21(24)19-14-7-8-15-23(19)27(25,26)18-12-5-4-6-13-18/h4-6,9-13,19H,3,7-8,14-15H2,1-2H3,(H,22,24)/t19-/m0/s1. The summed E-state index contributed by atoms with van der Waals surface area (Å²) in [6, 6.07) is 13.6. The van der Waals surface area contributed by atoms with E-state index in [4.69, 9.17) is 0 Å². The van der Waals surface area contributed by atoms with Gasteiger partial charge in [-0.05, 0) is 49.4 Å². The molecule has 3 rings (SSSR count). The molecule has 1 saturated heterocycles.